The Morgan fingerprint density at radius 3 is 2.16 bits per heavy atom. The summed E-state index contributed by atoms with van der Waals surface area (Å²) in [5.41, 5.74) is 2.80. The van der Waals surface area contributed by atoms with Gasteiger partial charge in [-0.25, -0.2) is 18.4 Å². The van der Waals surface area contributed by atoms with Gasteiger partial charge in [-0.15, -0.1) is 11.3 Å². The zero-order valence-electron chi connectivity index (χ0n) is 40.3. The average molecular weight is 898 g/mol. The number of rotatable bonds is 14. The van der Waals surface area contributed by atoms with Gasteiger partial charge in [0, 0.05) is 66.6 Å². The number of hydrogen-bond donors (Lipinski definition) is 5. The van der Waals surface area contributed by atoms with Gasteiger partial charge in [0.25, 0.3) is 11.8 Å². The summed E-state index contributed by atoms with van der Waals surface area (Å²) in [5.74, 6) is -3.63. The first kappa shape index (κ1) is 56.0. The number of piperazine rings is 1. The van der Waals surface area contributed by atoms with E-state index in [0.717, 1.165) is 59.4 Å². The molecule has 18 heteroatoms. The zero-order chi connectivity index (χ0) is 40.7. The maximum Gasteiger partial charge on any atom is 1.00 e. The number of nitrogens with one attached hydrogen (secondary N) is 3. The van der Waals surface area contributed by atoms with E-state index in [0.29, 0.717) is 61.7 Å². The van der Waals surface area contributed by atoms with E-state index in [-0.39, 0.29) is 178 Å². The number of amides is 4. The molecule has 0 unspecified atom stereocenters. The van der Waals surface area contributed by atoms with E-state index in [1.165, 1.54) is 23.5 Å². The van der Waals surface area contributed by atoms with E-state index in [9.17, 15) is 19.2 Å². The molecule has 2 heterocycles. The molecule has 310 valence electrons. The van der Waals surface area contributed by atoms with E-state index in [2.05, 4.69) is 34.7 Å². The molecule has 3 aromatic carbocycles. The number of nitrogens with zero attached hydrogens (tertiary/aromatic N) is 2. The molecule has 6 rings (SSSR count). The molecule has 1 aliphatic carbocycles. The van der Waals surface area contributed by atoms with Crippen molar-refractivity contribution in [2.24, 2.45) is 0 Å². The van der Waals surface area contributed by atoms with E-state index in [1.807, 2.05) is 23.1 Å². The van der Waals surface area contributed by atoms with E-state index >= 15 is 8.78 Å². The van der Waals surface area contributed by atoms with Gasteiger partial charge in [-0.2, -0.15) is 0 Å². The van der Waals surface area contributed by atoms with Crippen molar-refractivity contribution >= 4 is 45.8 Å². The number of aromatic carboxylic acids is 1. The molecule has 1 aromatic heterocycles. The van der Waals surface area contributed by atoms with Crippen molar-refractivity contribution < 1.29 is 162 Å². The number of unbranched alkanes of at least 4 members (excludes halogenated alkanes) is 1. The molecule has 2 aliphatic rings. The standard InChI is InChI=1S/C43H49F2N5O6S.4Na.4H/c1-43(2)26-49(42(56)46-18-5-6-21-51)19-20-50(43)25-28-8-7-9-30(22-28)38(52)48-40-37(33-10-3-4-11-36(33)57-40)39(53)47-31-23-34(44)32(35(45)24-31)17-14-27-12-15-29(16-13-27)41(54)55;;;;;;;;/h7-9,12-13,15-16,22-24,51H,3-6,10-11,14,17-21,25-26H2,1-2H3,(H,46,56)(H,47,53)(H,48,52)(H,54,55);;;;;;;;/q;4*+1;4*-1. The predicted octanol–water partition coefficient (Wildman–Crippen LogP) is -4.26. The average Bonchev–Trinajstić information content (AvgIpc) is 3.55. The van der Waals surface area contributed by atoms with Crippen LogP contribution in [0.15, 0.2) is 60.7 Å². The van der Waals surface area contributed by atoms with Gasteiger partial charge in [-0.3, -0.25) is 14.5 Å². The Morgan fingerprint density at radius 2 is 1.51 bits per heavy atom. The summed E-state index contributed by atoms with van der Waals surface area (Å²) in [6.45, 7) is 7.08. The van der Waals surface area contributed by atoms with Crippen LogP contribution in [0, 0.1) is 11.6 Å². The zero-order valence-corrected chi connectivity index (χ0v) is 45.1. The number of benzene rings is 3. The van der Waals surface area contributed by atoms with Crippen molar-refractivity contribution in [1.29, 1.82) is 0 Å². The second-order valence-corrected chi connectivity index (χ2v) is 16.4. The topological polar surface area (TPSA) is 151 Å². The Morgan fingerprint density at radius 1 is 0.820 bits per heavy atom. The summed E-state index contributed by atoms with van der Waals surface area (Å²) in [5, 5.41) is 27.1. The molecule has 0 radical (unpaired) electrons. The monoisotopic (exact) mass is 897 g/mol. The molecule has 5 N–H and O–H groups in total. The number of hydrogen-bond acceptors (Lipinski definition) is 7. The maximum atomic E-state index is 15.3. The van der Waals surface area contributed by atoms with Crippen LogP contribution in [-0.4, -0.2) is 82.2 Å². The molecule has 1 aliphatic heterocycles. The van der Waals surface area contributed by atoms with Crippen LogP contribution >= 0.6 is 11.3 Å². The minimum absolute atomic E-state index is 0. The number of carboxylic acids is 1. The van der Waals surface area contributed by atoms with Crippen molar-refractivity contribution in [3.05, 3.63) is 116 Å². The van der Waals surface area contributed by atoms with Gasteiger partial charge in [0.2, 0.25) is 0 Å². The number of fused-ring (bicyclic) bond motifs is 1. The molecule has 0 bridgehead atoms. The van der Waals surface area contributed by atoms with Crippen molar-refractivity contribution in [2.45, 2.75) is 77.3 Å². The Kier molecular flexibility index (Phi) is 23.9. The van der Waals surface area contributed by atoms with Crippen molar-refractivity contribution in [3.63, 3.8) is 0 Å². The number of aliphatic hydroxyl groups is 1. The van der Waals surface area contributed by atoms with Crippen LogP contribution in [0.3, 0.4) is 0 Å². The summed E-state index contributed by atoms with van der Waals surface area (Å²) < 4.78 is 30.5. The van der Waals surface area contributed by atoms with Crippen LogP contribution in [0.5, 0.6) is 0 Å². The number of halogens is 2. The molecule has 4 aromatic rings. The van der Waals surface area contributed by atoms with Gasteiger partial charge in [0.15, 0.2) is 0 Å². The normalized spacial score (nSPS) is 14.1. The van der Waals surface area contributed by atoms with Crippen LogP contribution in [-0.2, 0) is 32.2 Å². The fourth-order valence-corrected chi connectivity index (χ4v) is 8.77. The number of aryl methyl sites for hydroxylation is 2. The quantitative estimate of drug-likeness (QED) is 0.0636. The van der Waals surface area contributed by atoms with Crippen LogP contribution in [0.4, 0.5) is 24.3 Å². The molecule has 1 fully saturated rings. The Bertz CT molecular complexity index is 2140. The summed E-state index contributed by atoms with van der Waals surface area (Å²) in [7, 11) is 0. The number of aliphatic hydroxyl groups excluding tert-OH is 1. The van der Waals surface area contributed by atoms with Gasteiger partial charge < -0.3 is 36.8 Å². The van der Waals surface area contributed by atoms with Gasteiger partial charge in [-0.05, 0) is 118 Å². The largest absolute Gasteiger partial charge is 1.00 e. The van der Waals surface area contributed by atoms with Crippen molar-refractivity contribution in [3.8, 4) is 0 Å². The number of urea groups is 1. The van der Waals surface area contributed by atoms with Crippen molar-refractivity contribution in [2.75, 3.05) is 43.4 Å². The van der Waals surface area contributed by atoms with E-state index < -0.39 is 23.5 Å². The van der Waals surface area contributed by atoms with Gasteiger partial charge in [-0.1, -0.05) is 24.3 Å². The molecule has 0 saturated carbocycles. The van der Waals surface area contributed by atoms with Crippen LogP contribution in [0.25, 0.3) is 0 Å². The van der Waals surface area contributed by atoms with Crippen LogP contribution in [0.1, 0.15) is 103 Å². The van der Waals surface area contributed by atoms with E-state index in [4.69, 9.17) is 10.2 Å². The molecule has 0 atom stereocenters. The molecular weight excluding hydrogens is 845 g/mol. The fourth-order valence-electron chi connectivity index (χ4n) is 7.49. The number of carboxylic acid groups (broad SMARTS) is 1. The summed E-state index contributed by atoms with van der Waals surface area (Å²) in [6, 6.07) is 15.5. The number of anilines is 2. The fraction of sp³-hybridized carbons (Fsp3) is 0.395. The second kappa shape index (κ2) is 26.1. The summed E-state index contributed by atoms with van der Waals surface area (Å²) >= 11 is 1.35. The molecule has 1 saturated heterocycles. The number of thiophene rings is 1. The third-order valence-electron chi connectivity index (χ3n) is 10.7. The van der Waals surface area contributed by atoms with Gasteiger partial charge in [0.05, 0.1) is 11.1 Å². The Hall–Kier alpha value is -1.18. The predicted molar refractivity (Wildman–Crippen MR) is 221 cm³/mol. The minimum Gasteiger partial charge on any atom is -1.00 e. The first-order chi connectivity index (χ1) is 27.3. The smallest absolute Gasteiger partial charge is 1.00 e. The number of carbonyl (C=O) groups excluding carboxylic acids is 3. The molecule has 0 spiro atoms. The SMILES string of the molecule is CC1(C)CN(C(=O)NCCCCO)CCN1Cc1cccc(C(=O)Nc2sc3c(c2C(=O)Nc2cc(F)c(CCc4ccc(C(=O)O)cc4)c(F)c2)CCCC3)c1.[H-].[H-].[H-].[H-].[Na+].[Na+].[Na+].[Na+]. The summed E-state index contributed by atoms with van der Waals surface area (Å²) in [6.07, 6.45) is 4.91. The van der Waals surface area contributed by atoms with Gasteiger partial charge in [0.1, 0.15) is 16.6 Å². The summed E-state index contributed by atoms with van der Waals surface area (Å²) in [4.78, 5) is 56.6. The molecular formula is C43H53F2N5Na4O6S. The Balaban J connectivity index is -0.00000480. The second-order valence-electron chi connectivity index (χ2n) is 15.3. The van der Waals surface area contributed by atoms with Gasteiger partial charge >= 0.3 is 130 Å². The third kappa shape index (κ3) is 14.9. The van der Waals surface area contributed by atoms with Crippen LogP contribution < -0.4 is 134 Å². The third-order valence-corrected chi connectivity index (χ3v) is 11.9. The molecule has 11 nitrogen and oxygen atoms in total. The number of carbonyl (C=O) groups is 4. The molecule has 61 heavy (non-hydrogen) atoms. The van der Waals surface area contributed by atoms with E-state index in [1.54, 1.807) is 18.2 Å². The first-order valence-corrected chi connectivity index (χ1v) is 20.2. The maximum absolute atomic E-state index is 15.3. The van der Waals surface area contributed by atoms with Crippen molar-refractivity contribution in [1.82, 2.24) is 15.1 Å². The molecule has 4 amide bonds. The minimum atomic E-state index is -1.06. The Labute approximate surface area is 454 Å². The first-order valence-electron chi connectivity index (χ1n) is 19.4. The van der Waals surface area contributed by atoms with Crippen LogP contribution in [0.2, 0.25) is 0 Å².